The first kappa shape index (κ1) is 12.1. The molecular weight excluding hydrogens is 260 g/mol. The Labute approximate surface area is 114 Å². The van der Waals surface area contributed by atoms with Crippen LogP contribution in [0.25, 0.3) is 11.1 Å². The molecule has 0 fully saturated rings. The summed E-state index contributed by atoms with van der Waals surface area (Å²) in [7, 11) is 2.02. The number of thiazole rings is 1. The number of nitrogens with zero attached hydrogens (tertiary/aromatic N) is 3. The number of hydrogen-bond donors (Lipinski definition) is 1. The van der Waals surface area contributed by atoms with Gasteiger partial charge in [0.25, 0.3) is 0 Å². The van der Waals surface area contributed by atoms with Crippen LogP contribution in [0.1, 0.15) is 11.6 Å². The molecule has 5 nitrogen and oxygen atoms in total. The minimum absolute atomic E-state index is 0.645. The maximum atomic E-state index is 5.73. The molecule has 98 valence electrons. The van der Waals surface area contributed by atoms with Gasteiger partial charge >= 0.3 is 0 Å². The number of oxazole rings is 1. The molecule has 0 saturated heterocycles. The molecule has 0 unspecified atom stereocenters. The average Bonchev–Trinajstić information content (AvgIpc) is 2.97. The Morgan fingerprint density at radius 2 is 2.26 bits per heavy atom. The number of aromatic nitrogens is 2. The van der Waals surface area contributed by atoms with Gasteiger partial charge in [-0.1, -0.05) is 0 Å². The molecule has 0 aliphatic carbocycles. The maximum Gasteiger partial charge on any atom is 0.209 e. The number of anilines is 1. The molecule has 0 atom stereocenters. The predicted molar refractivity (Wildman–Crippen MR) is 75.7 cm³/mol. The van der Waals surface area contributed by atoms with Crippen molar-refractivity contribution in [3.8, 4) is 0 Å². The molecule has 2 aromatic heterocycles. The Bertz CT molecular complexity index is 677. The summed E-state index contributed by atoms with van der Waals surface area (Å²) >= 11 is 1.60. The molecule has 0 bridgehead atoms. The van der Waals surface area contributed by atoms with E-state index < -0.39 is 0 Å². The molecule has 0 amide bonds. The minimum atomic E-state index is 0.645. The number of benzene rings is 1. The highest BCUT2D eigenvalue weighted by Gasteiger charge is 2.09. The Morgan fingerprint density at radius 1 is 1.37 bits per heavy atom. The van der Waals surface area contributed by atoms with Crippen molar-refractivity contribution in [2.75, 3.05) is 12.8 Å². The van der Waals surface area contributed by atoms with Gasteiger partial charge < -0.3 is 10.2 Å². The van der Waals surface area contributed by atoms with Crippen molar-refractivity contribution in [2.45, 2.75) is 13.1 Å². The summed E-state index contributed by atoms with van der Waals surface area (Å²) in [6.07, 6.45) is 0. The third kappa shape index (κ3) is 2.74. The number of hydrogen-bond acceptors (Lipinski definition) is 6. The van der Waals surface area contributed by atoms with E-state index in [0.29, 0.717) is 18.1 Å². The lowest BCUT2D eigenvalue weighted by molar-refractivity contribution is 0.283. The molecule has 0 saturated carbocycles. The first-order valence-electron chi connectivity index (χ1n) is 5.91. The molecule has 19 heavy (non-hydrogen) atoms. The van der Waals surface area contributed by atoms with Crippen LogP contribution in [0.3, 0.4) is 0 Å². The summed E-state index contributed by atoms with van der Waals surface area (Å²) in [5.41, 5.74) is 10.9. The Morgan fingerprint density at radius 3 is 3.05 bits per heavy atom. The first-order valence-corrected chi connectivity index (χ1v) is 6.85. The van der Waals surface area contributed by atoms with Gasteiger partial charge in [-0.05, 0) is 25.2 Å². The fourth-order valence-electron chi connectivity index (χ4n) is 1.94. The quantitative estimate of drug-likeness (QED) is 0.740. The highest BCUT2D eigenvalue weighted by Crippen LogP contribution is 2.19. The zero-order chi connectivity index (χ0) is 13.2. The third-order valence-corrected chi connectivity index (χ3v) is 3.41. The van der Waals surface area contributed by atoms with Gasteiger partial charge in [-0.15, -0.1) is 11.3 Å². The van der Waals surface area contributed by atoms with Gasteiger partial charge in [-0.25, -0.2) is 9.97 Å². The lowest BCUT2D eigenvalue weighted by Gasteiger charge is -2.12. The van der Waals surface area contributed by atoms with Crippen LogP contribution >= 0.6 is 11.3 Å². The van der Waals surface area contributed by atoms with Gasteiger partial charge in [0.15, 0.2) is 5.58 Å². The summed E-state index contributed by atoms with van der Waals surface area (Å²) in [6.45, 7) is 1.43. The normalized spacial score (nSPS) is 11.5. The lowest BCUT2D eigenvalue weighted by Crippen LogP contribution is -2.17. The zero-order valence-electron chi connectivity index (χ0n) is 10.5. The van der Waals surface area contributed by atoms with Crippen LogP contribution in [-0.2, 0) is 13.1 Å². The van der Waals surface area contributed by atoms with Crippen molar-refractivity contribution in [3.63, 3.8) is 0 Å². The minimum Gasteiger partial charge on any atom is -0.439 e. The van der Waals surface area contributed by atoms with Crippen molar-refractivity contribution >= 4 is 28.1 Å². The monoisotopic (exact) mass is 274 g/mol. The van der Waals surface area contributed by atoms with Crippen molar-refractivity contribution in [2.24, 2.45) is 0 Å². The van der Waals surface area contributed by atoms with Crippen molar-refractivity contribution in [1.29, 1.82) is 0 Å². The molecule has 0 aliphatic rings. The standard InChI is InChI=1S/C13H14N4OS/c1-17(5-10-7-19-8-15-10)6-13-16-11-4-9(14)2-3-12(11)18-13/h2-4,7-8H,5-6,14H2,1H3. The van der Waals surface area contributed by atoms with Crippen molar-refractivity contribution in [3.05, 3.63) is 40.7 Å². The number of nitrogens with two attached hydrogens (primary N) is 1. The van der Waals surface area contributed by atoms with Crippen LogP contribution < -0.4 is 5.73 Å². The molecule has 0 spiro atoms. The Hall–Kier alpha value is -1.92. The molecule has 6 heteroatoms. The van der Waals surface area contributed by atoms with Crippen LogP contribution in [0.2, 0.25) is 0 Å². The van der Waals surface area contributed by atoms with E-state index in [1.807, 2.05) is 36.1 Å². The average molecular weight is 274 g/mol. The predicted octanol–water partition coefficient (Wildman–Crippen LogP) is 2.50. The zero-order valence-corrected chi connectivity index (χ0v) is 11.4. The maximum absolute atomic E-state index is 5.73. The second kappa shape index (κ2) is 4.99. The summed E-state index contributed by atoms with van der Waals surface area (Å²) in [4.78, 5) is 10.8. The SMILES string of the molecule is CN(Cc1cscn1)Cc1nc2cc(N)ccc2o1. The first-order chi connectivity index (χ1) is 9.20. The van der Waals surface area contributed by atoms with Gasteiger partial charge in [0.2, 0.25) is 5.89 Å². The highest BCUT2D eigenvalue weighted by molar-refractivity contribution is 7.07. The summed E-state index contributed by atoms with van der Waals surface area (Å²) < 4.78 is 5.69. The molecule has 0 radical (unpaired) electrons. The molecule has 0 aliphatic heterocycles. The fourth-order valence-corrected chi connectivity index (χ4v) is 2.49. The third-order valence-electron chi connectivity index (χ3n) is 2.78. The van der Waals surface area contributed by atoms with Gasteiger partial charge in [-0.2, -0.15) is 0 Å². The molecule has 1 aromatic carbocycles. The fraction of sp³-hybridized carbons (Fsp3) is 0.231. The van der Waals surface area contributed by atoms with Gasteiger partial charge in [0.05, 0.1) is 17.7 Å². The van der Waals surface area contributed by atoms with Crippen molar-refractivity contribution in [1.82, 2.24) is 14.9 Å². The molecule has 2 N–H and O–H groups in total. The van der Waals surface area contributed by atoms with Crippen LogP contribution in [0.15, 0.2) is 33.5 Å². The van der Waals surface area contributed by atoms with Crippen molar-refractivity contribution < 1.29 is 4.42 Å². The van der Waals surface area contributed by atoms with Gasteiger partial charge in [0.1, 0.15) is 5.52 Å². The van der Waals surface area contributed by atoms with E-state index in [1.165, 1.54) is 0 Å². The van der Waals surface area contributed by atoms with E-state index in [0.717, 1.165) is 23.3 Å². The summed E-state index contributed by atoms with van der Waals surface area (Å²) in [5, 5.41) is 2.04. The summed E-state index contributed by atoms with van der Waals surface area (Å²) in [5.74, 6) is 0.693. The van der Waals surface area contributed by atoms with Crippen LogP contribution in [0.4, 0.5) is 5.69 Å². The van der Waals surface area contributed by atoms with E-state index >= 15 is 0 Å². The van der Waals surface area contributed by atoms with E-state index in [9.17, 15) is 0 Å². The van der Waals surface area contributed by atoms with E-state index in [2.05, 4.69) is 14.9 Å². The van der Waals surface area contributed by atoms with Gasteiger partial charge in [-0.3, -0.25) is 4.90 Å². The van der Waals surface area contributed by atoms with E-state index in [-0.39, 0.29) is 0 Å². The summed E-state index contributed by atoms with van der Waals surface area (Å²) in [6, 6.07) is 5.49. The number of nitrogen functional groups attached to an aromatic ring is 1. The molecule has 3 aromatic rings. The highest BCUT2D eigenvalue weighted by atomic mass is 32.1. The topological polar surface area (TPSA) is 68.2 Å². The number of fused-ring (bicyclic) bond motifs is 1. The smallest absolute Gasteiger partial charge is 0.209 e. The second-order valence-electron chi connectivity index (χ2n) is 4.49. The Balaban J connectivity index is 1.74. The molecular formula is C13H14N4OS. The lowest BCUT2D eigenvalue weighted by atomic mass is 10.3. The van der Waals surface area contributed by atoms with E-state index in [1.54, 1.807) is 11.3 Å². The van der Waals surface area contributed by atoms with E-state index in [4.69, 9.17) is 10.2 Å². The molecule has 3 rings (SSSR count). The Kier molecular flexibility index (Phi) is 3.18. The van der Waals surface area contributed by atoms with Crippen LogP contribution in [0.5, 0.6) is 0 Å². The number of rotatable bonds is 4. The van der Waals surface area contributed by atoms with Crippen LogP contribution in [0, 0.1) is 0 Å². The second-order valence-corrected chi connectivity index (χ2v) is 5.21. The largest absolute Gasteiger partial charge is 0.439 e. The van der Waals surface area contributed by atoms with Crippen LogP contribution in [-0.4, -0.2) is 21.9 Å². The van der Waals surface area contributed by atoms with Gasteiger partial charge in [0, 0.05) is 17.6 Å². The molecule has 2 heterocycles.